The summed E-state index contributed by atoms with van der Waals surface area (Å²) in [4.78, 5) is 150. The lowest BCUT2D eigenvalue weighted by Crippen LogP contribution is -2.60. The maximum absolute atomic E-state index is 13.8. The van der Waals surface area contributed by atoms with Crippen molar-refractivity contribution in [3.63, 3.8) is 0 Å². The van der Waals surface area contributed by atoms with Crippen LogP contribution in [0.5, 0.6) is 0 Å². The van der Waals surface area contributed by atoms with E-state index in [0.29, 0.717) is 25.9 Å². The van der Waals surface area contributed by atoms with Crippen molar-refractivity contribution in [1.82, 2.24) is 56.1 Å². The molecule has 0 unspecified atom stereocenters. The second kappa shape index (κ2) is 185. The van der Waals surface area contributed by atoms with E-state index in [2.05, 4.69) is 185 Å². The van der Waals surface area contributed by atoms with Gasteiger partial charge in [0.2, 0.25) is 29.5 Å². The number of hydrogen-bond donors (Lipinski definition) is 13. The number of amides is 5. The number of carbonyl (C=O) groups is 15. The van der Waals surface area contributed by atoms with Gasteiger partial charge < -0.3 is 138 Å². The van der Waals surface area contributed by atoms with Crippen LogP contribution in [-0.4, -0.2) is 210 Å². The van der Waals surface area contributed by atoms with Gasteiger partial charge in [-0.2, -0.15) is 0 Å². The van der Waals surface area contributed by atoms with Gasteiger partial charge in [0.15, 0.2) is 0 Å². The number of aliphatic hydroxyl groups excluding tert-OH is 1. The summed E-state index contributed by atoms with van der Waals surface area (Å²) in [5.41, 5.74) is 25.3. The van der Waals surface area contributed by atoms with Crippen LogP contribution in [0.15, 0.2) is 60.7 Å². The number of nitrogens with zero attached hydrogens (tertiary/aromatic N) is 3. The van der Waals surface area contributed by atoms with Crippen molar-refractivity contribution in [3.8, 4) is 0 Å². The van der Waals surface area contributed by atoms with Gasteiger partial charge in [0.25, 0.3) is 0 Å². The fraction of sp³-hybridized carbons (Fsp3) is 0.690. The Kier molecular flexibility index (Phi) is 297. The highest BCUT2D eigenvalue weighted by atomic mass is 16.3. The number of aryl methyl sites for hydroxylation is 2. The van der Waals surface area contributed by atoms with Crippen molar-refractivity contribution < 1.29 is 78.5 Å². The van der Waals surface area contributed by atoms with Crippen LogP contribution in [-0.2, 0) is 84.8 Å². The zero-order valence-corrected chi connectivity index (χ0v) is 82.8. The third-order valence-electron chi connectivity index (χ3n) is 13.0. The standard InChI is InChI=1S/C30H55N5O5.2C8H10.3C5H12.C4H10.C3H8O.2C2H6.5CH5N.10CH2O.5H3N.H2/c1-11-21(6)26(30(40)35-15-13-12-14-16-35)32-28(38)25(18-20(4)5)34(10)29(39)24(17-19(2)3)31-27(37)22(7)33(9)23(8)36;2*1-2-8-6-4-3-5-7-8;3*1-4-5(2)3;1-4(2)3;1-3(2)4;17*1-2;;;;;;/h19-22,24-26H,11-18H2,1-10H3,(H,31,37)(H,32,38);2*3-7H,2H2,1H3;3*5H,4H2,1-3H3;4H,1-3H3;3-4H,1-2H3;2*1-2H3;5*2H2,1H3;10*1H2;5*1H3;1H/t21-,22-,24-,25-,26-;;;;;;;;;;;;;;;;;;;;;;;;;;;;;;/m0............................../s1. The van der Waals surface area contributed by atoms with Gasteiger partial charge in [0.1, 0.15) is 92.1 Å². The summed E-state index contributed by atoms with van der Waals surface area (Å²) in [5.74, 6) is 2.14. The Morgan fingerprint density at radius 2 is 0.644 bits per heavy atom. The van der Waals surface area contributed by atoms with Crippen LogP contribution in [0.1, 0.15) is 264 Å². The molecule has 0 aliphatic carbocycles. The van der Waals surface area contributed by atoms with Crippen LogP contribution in [0.4, 0.5) is 0 Å². The number of carbonyl (C=O) groups excluding carboxylic acids is 15. The Balaban J connectivity index is -0.0000000334. The maximum atomic E-state index is 13.8. The molecule has 0 saturated carbocycles. The van der Waals surface area contributed by atoms with Crippen LogP contribution in [0, 0.1) is 41.4 Å². The molecule has 1 fully saturated rings. The summed E-state index contributed by atoms with van der Waals surface area (Å²) in [6.07, 6.45) is 10.6. The van der Waals surface area contributed by atoms with Gasteiger partial charge in [-0.25, -0.2) is 0 Å². The molecule has 1 saturated heterocycles. The van der Waals surface area contributed by atoms with Crippen molar-refractivity contribution in [2.75, 3.05) is 62.4 Å². The van der Waals surface area contributed by atoms with Gasteiger partial charge in [-0.05, 0) is 154 Å². The first-order chi connectivity index (χ1) is 53.8. The van der Waals surface area contributed by atoms with Crippen LogP contribution in [0.2, 0.25) is 0 Å². The SMILES string of the molecule is C=O.C=O.C=O.C=O.C=O.C=O.C=O.C=O.C=O.C=O.CC.CC.CC(C)C.CC(C)O.CCC(C)C.CCC(C)C.CCC(C)C.CC[C@H](C)[C@H](NC(=O)[C@H](CC(C)C)N(C)C(=O)[C@H](CC(C)C)NC(=O)[C@H](C)N(C)C(C)=O)C(=O)N1CCCCC1.CCc1ccccc1.CCc1ccccc1.CN.CN.CN.CN.CN.N.N.N.N.N.[HH]. The number of aliphatic hydroxyl groups is 1. The number of likely N-dealkylation sites (tertiary alicyclic amines) is 1. The van der Waals surface area contributed by atoms with Gasteiger partial charge in [0.05, 0.1) is 0 Å². The van der Waals surface area contributed by atoms with Gasteiger partial charge in [-0.3, -0.25) is 24.0 Å². The minimum Gasteiger partial charge on any atom is -0.394 e. The average molecular weight is 1720 g/mol. The van der Waals surface area contributed by atoms with Crippen molar-refractivity contribution in [1.29, 1.82) is 0 Å². The molecule has 0 bridgehead atoms. The highest BCUT2D eigenvalue weighted by molar-refractivity contribution is 5.95. The lowest BCUT2D eigenvalue weighted by Gasteiger charge is -2.36. The molecule has 1 aliphatic rings. The Morgan fingerprint density at radius 1 is 0.407 bits per heavy atom. The molecule has 1 heterocycles. The summed E-state index contributed by atoms with van der Waals surface area (Å²) >= 11 is 0. The number of hydrogen-bond acceptors (Lipinski definition) is 26. The zero-order valence-electron chi connectivity index (χ0n) is 82.8. The molecular formula is C87H203N15O16. The molecule has 722 valence electrons. The number of benzene rings is 2. The third kappa shape index (κ3) is 175. The van der Waals surface area contributed by atoms with E-state index in [4.69, 9.17) is 53.1 Å². The van der Waals surface area contributed by atoms with Crippen LogP contribution >= 0.6 is 0 Å². The van der Waals surface area contributed by atoms with E-state index in [1.165, 1.54) is 82.4 Å². The van der Waals surface area contributed by atoms with E-state index in [1.54, 1.807) is 34.9 Å². The van der Waals surface area contributed by atoms with E-state index in [0.717, 1.165) is 62.2 Å². The molecule has 31 nitrogen and oxygen atoms in total. The van der Waals surface area contributed by atoms with Crippen LogP contribution in [0.3, 0.4) is 0 Å². The van der Waals surface area contributed by atoms with Crippen molar-refractivity contribution in [2.45, 2.75) is 295 Å². The molecule has 0 spiro atoms. The summed E-state index contributed by atoms with van der Waals surface area (Å²) in [6.45, 7) is 78.4. The predicted octanol–water partition coefficient (Wildman–Crippen LogP) is 14.6. The van der Waals surface area contributed by atoms with Gasteiger partial charge in [0, 0.05) is 41.6 Å². The van der Waals surface area contributed by atoms with E-state index in [-0.39, 0.29) is 79.7 Å². The number of rotatable bonds is 19. The molecule has 0 radical (unpaired) electrons. The second-order valence-corrected chi connectivity index (χ2v) is 24.3. The van der Waals surface area contributed by atoms with E-state index in [9.17, 15) is 24.0 Å². The number of nitrogens with two attached hydrogens (primary N) is 5. The van der Waals surface area contributed by atoms with Crippen molar-refractivity contribution >= 4 is 97.4 Å². The fourth-order valence-electron chi connectivity index (χ4n) is 6.39. The minimum absolute atomic E-state index is 0. The second-order valence-electron chi connectivity index (χ2n) is 24.3. The smallest absolute Gasteiger partial charge is 0.245 e. The lowest BCUT2D eigenvalue weighted by atomic mass is 9.95. The monoisotopic (exact) mass is 1710 g/mol. The van der Waals surface area contributed by atoms with Gasteiger partial charge in [-0.15, -0.1) is 0 Å². The number of nitrogens with one attached hydrogen (secondary N) is 2. The average Bonchev–Trinajstić information content (AvgIpc) is 0.826. The Bertz CT molecular complexity index is 1890. The summed E-state index contributed by atoms with van der Waals surface area (Å²) in [5, 5.41) is 13.9. The molecule has 3 rings (SSSR count). The maximum Gasteiger partial charge on any atom is 0.245 e. The molecule has 118 heavy (non-hydrogen) atoms. The van der Waals surface area contributed by atoms with E-state index in [1.807, 2.05) is 154 Å². The van der Waals surface area contributed by atoms with Crippen LogP contribution < -0.4 is 70.1 Å². The highest BCUT2D eigenvalue weighted by Crippen LogP contribution is 2.19. The summed E-state index contributed by atoms with van der Waals surface area (Å²) in [6, 6.07) is 17.8. The molecular weight excluding hydrogens is 1510 g/mol. The highest BCUT2D eigenvalue weighted by Gasteiger charge is 2.37. The van der Waals surface area contributed by atoms with Crippen molar-refractivity contribution in [3.05, 3.63) is 71.8 Å². The molecule has 5 amide bonds. The zero-order chi connectivity index (χ0) is 96.4. The molecule has 1 aliphatic heterocycles. The first-order valence-electron chi connectivity index (χ1n) is 38.7. The van der Waals surface area contributed by atoms with Gasteiger partial charge >= 0.3 is 0 Å². The minimum atomic E-state index is -0.858. The molecule has 2 aromatic rings. The molecule has 2 aromatic carbocycles. The Morgan fingerprint density at radius 3 is 0.831 bits per heavy atom. The topological polar surface area (TPSA) is 615 Å². The number of piperidine rings is 1. The predicted molar refractivity (Wildman–Crippen MR) is 514 cm³/mol. The fourth-order valence-corrected chi connectivity index (χ4v) is 6.39. The van der Waals surface area contributed by atoms with Crippen molar-refractivity contribution in [2.24, 2.45) is 70.1 Å². The van der Waals surface area contributed by atoms with E-state index >= 15 is 0 Å². The first kappa shape index (κ1) is 190. The summed E-state index contributed by atoms with van der Waals surface area (Å²) < 4.78 is 0. The molecule has 0 aromatic heterocycles. The van der Waals surface area contributed by atoms with Crippen LogP contribution in [0.25, 0.3) is 0 Å². The lowest BCUT2D eigenvalue weighted by molar-refractivity contribution is -0.145. The third-order valence-corrected chi connectivity index (χ3v) is 13.0. The Labute approximate surface area is 727 Å². The molecule has 5 atom stereocenters. The molecule has 28 N–H and O–H groups in total. The number of likely N-dealkylation sites (N-methyl/N-ethyl adjacent to an activating group) is 2. The molecule has 31 heteroatoms. The van der Waals surface area contributed by atoms with E-state index < -0.39 is 30.1 Å². The Hall–Kier alpha value is -7.95. The van der Waals surface area contributed by atoms with Gasteiger partial charge in [-0.1, -0.05) is 253 Å². The largest absolute Gasteiger partial charge is 0.394 e. The quantitative estimate of drug-likeness (QED) is 0.0621. The first-order valence-corrected chi connectivity index (χ1v) is 38.7. The normalized spacial score (nSPS) is 9.68. The summed E-state index contributed by atoms with van der Waals surface area (Å²) in [7, 11) is 10.6.